The molecule has 1 aromatic heterocycles. The lowest BCUT2D eigenvalue weighted by Gasteiger charge is -2.52. The van der Waals surface area contributed by atoms with E-state index < -0.39 is 35.0 Å². The number of Topliss-reactive ketones (excluding diaryl/α,β-unsaturated/α-hetero) is 1. The Bertz CT molecular complexity index is 1360. The lowest BCUT2D eigenvalue weighted by atomic mass is 9.59. The molecule has 1 aliphatic heterocycles. The Morgan fingerprint density at radius 1 is 1.23 bits per heavy atom. The fraction of sp³-hybridized carbons (Fsp3) is 0.719. The SMILES string of the molecule is CC1=C[C@]23C(=O)[C@@H](C=C4COC(C)(C)O[C@H]4[C@]2(O)[C@H]1OC(=O)c1cc(C(C)(C)C)nn1C)[C@H]1[C@@H](C[C@H]3C)C1(C)C. The van der Waals surface area contributed by atoms with Gasteiger partial charge in [0.2, 0.25) is 0 Å². The molecule has 218 valence electrons. The molecule has 0 unspecified atom stereocenters. The summed E-state index contributed by atoms with van der Waals surface area (Å²) in [5.74, 6) is -1.58. The maximum atomic E-state index is 14.8. The van der Waals surface area contributed by atoms with Crippen LogP contribution in [-0.2, 0) is 31.5 Å². The Morgan fingerprint density at radius 2 is 1.90 bits per heavy atom. The van der Waals surface area contributed by atoms with Crippen LogP contribution in [0, 0.1) is 34.5 Å². The molecule has 2 saturated carbocycles. The fourth-order valence-electron chi connectivity index (χ4n) is 8.49. The second kappa shape index (κ2) is 8.17. The van der Waals surface area contributed by atoms with Crippen LogP contribution in [0.1, 0.15) is 84.9 Å². The first-order valence-corrected chi connectivity index (χ1v) is 14.6. The Kier molecular flexibility index (Phi) is 5.69. The third kappa shape index (κ3) is 3.51. The van der Waals surface area contributed by atoms with Crippen molar-refractivity contribution in [2.45, 2.75) is 97.7 Å². The van der Waals surface area contributed by atoms with E-state index in [1.807, 2.05) is 53.7 Å². The molecule has 40 heavy (non-hydrogen) atoms. The lowest BCUT2D eigenvalue weighted by molar-refractivity contribution is -0.302. The molecular formula is C32H44N2O6. The predicted octanol–water partition coefficient (Wildman–Crippen LogP) is 4.51. The number of fused-ring (bicyclic) bond motifs is 5. The van der Waals surface area contributed by atoms with Crippen molar-refractivity contribution < 1.29 is 28.9 Å². The summed E-state index contributed by atoms with van der Waals surface area (Å²) in [6.07, 6.45) is 2.77. The summed E-state index contributed by atoms with van der Waals surface area (Å²) in [7, 11) is 1.71. The minimum Gasteiger partial charge on any atom is -0.450 e. The maximum absolute atomic E-state index is 14.8. The quantitative estimate of drug-likeness (QED) is 0.426. The molecule has 3 fully saturated rings. The van der Waals surface area contributed by atoms with Gasteiger partial charge in [0.1, 0.15) is 11.8 Å². The van der Waals surface area contributed by atoms with Crippen LogP contribution in [0.15, 0.2) is 29.4 Å². The summed E-state index contributed by atoms with van der Waals surface area (Å²) < 4.78 is 20.3. The zero-order valence-corrected chi connectivity index (χ0v) is 25.5. The van der Waals surface area contributed by atoms with Gasteiger partial charge in [0.05, 0.1) is 17.7 Å². The highest BCUT2D eigenvalue weighted by molar-refractivity contribution is 5.96. The van der Waals surface area contributed by atoms with Gasteiger partial charge in [-0.2, -0.15) is 5.10 Å². The van der Waals surface area contributed by atoms with E-state index >= 15 is 0 Å². The normalized spacial score (nSPS) is 41.0. The molecule has 0 aromatic carbocycles. The summed E-state index contributed by atoms with van der Waals surface area (Å²) in [4.78, 5) is 28.6. The predicted molar refractivity (Wildman–Crippen MR) is 148 cm³/mol. The van der Waals surface area contributed by atoms with Gasteiger partial charge in [-0.25, -0.2) is 4.79 Å². The highest BCUT2D eigenvalue weighted by atomic mass is 16.7. The summed E-state index contributed by atoms with van der Waals surface area (Å²) in [5.41, 5.74) is -0.852. The van der Waals surface area contributed by atoms with Crippen LogP contribution < -0.4 is 0 Å². The van der Waals surface area contributed by atoms with E-state index in [1.54, 1.807) is 13.1 Å². The Morgan fingerprint density at radius 3 is 2.52 bits per heavy atom. The van der Waals surface area contributed by atoms with Gasteiger partial charge in [0.25, 0.3) is 0 Å². The first-order chi connectivity index (χ1) is 18.4. The lowest BCUT2D eigenvalue weighted by Crippen LogP contribution is -2.68. The zero-order valence-electron chi connectivity index (χ0n) is 25.5. The van der Waals surface area contributed by atoms with Gasteiger partial charge in [-0.3, -0.25) is 9.48 Å². The number of carbonyl (C=O) groups is 2. The minimum atomic E-state index is -1.84. The molecule has 8 atom stereocenters. The van der Waals surface area contributed by atoms with Gasteiger partial charge in [0.15, 0.2) is 23.3 Å². The molecule has 5 aliphatic rings. The van der Waals surface area contributed by atoms with Gasteiger partial charge in [0, 0.05) is 18.4 Å². The third-order valence-corrected chi connectivity index (χ3v) is 10.8. The molecule has 4 aliphatic carbocycles. The van der Waals surface area contributed by atoms with Crippen molar-refractivity contribution in [2.24, 2.45) is 41.5 Å². The summed E-state index contributed by atoms with van der Waals surface area (Å²) in [6, 6.07) is 1.74. The van der Waals surface area contributed by atoms with E-state index in [4.69, 9.17) is 14.2 Å². The average molecular weight is 553 g/mol. The van der Waals surface area contributed by atoms with Gasteiger partial charge >= 0.3 is 5.97 Å². The van der Waals surface area contributed by atoms with Crippen molar-refractivity contribution >= 4 is 11.8 Å². The van der Waals surface area contributed by atoms with Crippen LogP contribution in [0.5, 0.6) is 0 Å². The van der Waals surface area contributed by atoms with Crippen molar-refractivity contribution in [1.82, 2.24) is 9.78 Å². The number of allylic oxidation sites excluding steroid dienone is 1. The first kappa shape index (κ1) is 27.9. The topological polar surface area (TPSA) is 99.9 Å². The van der Waals surface area contributed by atoms with Crippen LogP contribution in [0.3, 0.4) is 0 Å². The van der Waals surface area contributed by atoms with E-state index in [0.29, 0.717) is 17.2 Å². The molecule has 1 N–H and O–H groups in total. The number of hydrogen-bond acceptors (Lipinski definition) is 7. The Hall–Kier alpha value is -2.29. The number of rotatable bonds is 2. The van der Waals surface area contributed by atoms with E-state index in [-0.39, 0.29) is 41.0 Å². The number of ketones is 1. The van der Waals surface area contributed by atoms with Crippen molar-refractivity contribution in [3.63, 3.8) is 0 Å². The Balaban J connectivity index is 1.48. The van der Waals surface area contributed by atoms with Crippen molar-refractivity contribution in [3.05, 3.63) is 40.8 Å². The molecule has 8 heteroatoms. The van der Waals surface area contributed by atoms with Crippen molar-refractivity contribution in [2.75, 3.05) is 6.61 Å². The van der Waals surface area contributed by atoms with Crippen molar-refractivity contribution in [3.8, 4) is 0 Å². The van der Waals surface area contributed by atoms with Crippen LogP contribution in [0.2, 0.25) is 0 Å². The van der Waals surface area contributed by atoms with Gasteiger partial charge < -0.3 is 19.3 Å². The van der Waals surface area contributed by atoms with Crippen LogP contribution in [0.4, 0.5) is 0 Å². The molecule has 1 spiro atoms. The average Bonchev–Trinajstić information content (AvgIpc) is 3.09. The molecule has 0 amide bonds. The zero-order chi connectivity index (χ0) is 29.4. The molecule has 8 nitrogen and oxygen atoms in total. The number of aromatic nitrogens is 2. The second-order valence-corrected chi connectivity index (χ2v) is 15.1. The molecule has 6 rings (SSSR count). The van der Waals surface area contributed by atoms with Crippen LogP contribution >= 0.6 is 0 Å². The minimum absolute atomic E-state index is 0.00247. The fourth-order valence-corrected chi connectivity index (χ4v) is 8.49. The maximum Gasteiger partial charge on any atom is 0.357 e. The number of hydrogen-bond donors (Lipinski definition) is 1. The summed E-state index contributed by atoms with van der Waals surface area (Å²) in [5, 5.41) is 17.7. The molecule has 1 aromatic rings. The van der Waals surface area contributed by atoms with E-state index in [2.05, 4.69) is 25.9 Å². The first-order valence-electron chi connectivity index (χ1n) is 14.6. The molecule has 0 radical (unpaired) electrons. The van der Waals surface area contributed by atoms with Gasteiger partial charge in [-0.15, -0.1) is 0 Å². The van der Waals surface area contributed by atoms with E-state index in [9.17, 15) is 14.7 Å². The summed E-state index contributed by atoms with van der Waals surface area (Å²) >= 11 is 0. The second-order valence-electron chi connectivity index (χ2n) is 15.1. The van der Waals surface area contributed by atoms with E-state index in [0.717, 1.165) is 17.7 Å². The number of aliphatic hydroxyl groups is 1. The standard InChI is InChI=1S/C32H44N2O6/c1-16-14-31-17(2)11-20-23(29(20,6)7)19(24(31)35)12-18-15-38-30(8,9)40-26(18)32(31,37)25(16)39-27(36)21-13-22(28(3,4)5)33-34(21)10/h12-14,17,19-20,23,25-26,37H,11,15H2,1-10H3/t17-,19+,20-,23+,25+,26-,31+,32-/m1/s1. The smallest absolute Gasteiger partial charge is 0.357 e. The van der Waals surface area contributed by atoms with Gasteiger partial charge in [-0.1, -0.05) is 53.7 Å². The monoisotopic (exact) mass is 552 g/mol. The molecule has 2 bridgehead atoms. The van der Waals surface area contributed by atoms with Crippen LogP contribution in [0.25, 0.3) is 0 Å². The number of carbonyl (C=O) groups excluding carboxylic acids is 2. The third-order valence-electron chi connectivity index (χ3n) is 10.8. The molecule has 1 saturated heterocycles. The number of nitrogens with zero attached hydrogens (tertiary/aromatic N) is 2. The highest BCUT2D eigenvalue weighted by Crippen LogP contribution is 2.72. The van der Waals surface area contributed by atoms with Gasteiger partial charge in [-0.05, 0) is 67.6 Å². The largest absolute Gasteiger partial charge is 0.450 e. The molecular weight excluding hydrogens is 508 g/mol. The van der Waals surface area contributed by atoms with Crippen molar-refractivity contribution in [1.29, 1.82) is 0 Å². The number of aryl methyl sites for hydroxylation is 1. The van der Waals surface area contributed by atoms with E-state index in [1.165, 1.54) is 4.68 Å². The number of esters is 1. The highest BCUT2D eigenvalue weighted by Gasteiger charge is 2.77. The summed E-state index contributed by atoms with van der Waals surface area (Å²) in [6.45, 7) is 18.4. The van der Waals surface area contributed by atoms with Crippen LogP contribution in [-0.4, -0.2) is 56.8 Å². The number of ether oxygens (including phenoxy) is 3. The molecule has 2 heterocycles. The Labute approximate surface area is 237 Å².